The molecule has 0 aliphatic carbocycles. The predicted octanol–water partition coefficient (Wildman–Crippen LogP) is 0.755. The highest BCUT2D eigenvalue weighted by molar-refractivity contribution is 5.37. The lowest BCUT2D eigenvalue weighted by Crippen LogP contribution is -2.34. The van der Waals surface area contributed by atoms with Crippen molar-refractivity contribution in [3.05, 3.63) is 11.8 Å². The van der Waals surface area contributed by atoms with Gasteiger partial charge in [0, 0.05) is 13.2 Å². The molecule has 0 saturated carbocycles. The largest absolute Gasteiger partial charge is 0.435 e. The molecule has 1 aromatic rings. The molecule has 0 fully saturated rings. The van der Waals surface area contributed by atoms with Crippen molar-refractivity contribution >= 4 is 5.82 Å². The van der Waals surface area contributed by atoms with Gasteiger partial charge in [0.1, 0.15) is 5.82 Å². The highest BCUT2D eigenvalue weighted by Gasteiger charge is 2.34. The number of nitrogens with zero attached hydrogens (tertiary/aromatic N) is 2. The first kappa shape index (κ1) is 11.8. The number of hydrogen-bond donors (Lipinski definition) is 2. The fourth-order valence-electron chi connectivity index (χ4n) is 0.914. The summed E-state index contributed by atoms with van der Waals surface area (Å²) in [7, 11) is 1.47. The summed E-state index contributed by atoms with van der Waals surface area (Å²) in [6.07, 6.45) is -4.46. The number of aromatic nitrogens is 2. The maximum Gasteiger partial charge on any atom is 0.435 e. The molecule has 0 atom stereocenters. The molecular formula is C7H11F3N4O. The van der Waals surface area contributed by atoms with Crippen LogP contribution >= 0.6 is 0 Å². The summed E-state index contributed by atoms with van der Waals surface area (Å²) in [5.74, 6) is 5.55. The predicted molar refractivity (Wildman–Crippen MR) is 47.0 cm³/mol. The van der Waals surface area contributed by atoms with Gasteiger partial charge in [-0.3, -0.25) is 10.1 Å². The first-order valence-electron chi connectivity index (χ1n) is 4.09. The molecule has 0 radical (unpaired) electrons. The Hall–Kier alpha value is -1.28. The maximum atomic E-state index is 12.2. The summed E-state index contributed by atoms with van der Waals surface area (Å²) in [5.41, 5.74) is -0.995. The normalized spacial score (nSPS) is 11.8. The van der Waals surface area contributed by atoms with Gasteiger partial charge >= 0.3 is 6.18 Å². The van der Waals surface area contributed by atoms with Crippen molar-refractivity contribution in [1.82, 2.24) is 10.2 Å². The van der Waals surface area contributed by atoms with Crippen LogP contribution < -0.4 is 10.9 Å². The van der Waals surface area contributed by atoms with E-state index in [2.05, 4.69) is 10.2 Å². The number of methoxy groups -OCH3 is 1. The number of halogens is 3. The van der Waals surface area contributed by atoms with Gasteiger partial charge in [0.15, 0.2) is 5.69 Å². The second kappa shape index (κ2) is 4.49. The van der Waals surface area contributed by atoms with Gasteiger partial charge in [-0.15, -0.1) is 0 Å². The van der Waals surface area contributed by atoms with E-state index in [1.165, 1.54) is 7.11 Å². The van der Waals surface area contributed by atoms with Crippen LogP contribution in [0.15, 0.2) is 6.07 Å². The molecule has 0 amide bonds. The van der Waals surface area contributed by atoms with Gasteiger partial charge in [0.25, 0.3) is 0 Å². The van der Waals surface area contributed by atoms with Crippen LogP contribution in [0.1, 0.15) is 5.69 Å². The average molecular weight is 224 g/mol. The lowest BCUT2D eigenvalue weighted by atomic mass is 10.4. The summed E-state index contributed by atoms with van der Waals surface area (Å²) >= 11 is 0. The van der Waals surface area contributed by atoms with Gasteiger partial charge in [-0.05, 0) is 0 Å². The highest BCUT2D eigenvalue weighted by atomic mass is 19.4. The zero-order valence-corrected chi connectivity index (χ0v) is 8.01. The fourth-order valence-corrected chi connectivity index (χ4v) is 0.914. The van der Waals surface area contributed by atoms with E-state index < -0.39 is 11.9 Å². The third kappa shape index (κ3) is 3.10. The first-order chi connectivity index (χ1) is 6.95. The van der Waals surface area contributed by atoms with Crippen LogP contribution in [-0.2, 0) is 10.9 Å². The Morgan fingerprint density at radius 1 is 1.60 bits per heavy atom. The van der Waals surface area contributed by atoms with Crippen LogP contribution in [0.5, 0.6) is 0 Å². The van der Waals surface area contributed by atoms with Gasteiger partial charge in [0.05, 0.1) is 13.2 Å². The average Bonchev–Trinajstić information content (AvgIpc) is 2.62. The second-order valence-corrected chi connectivity index (χ2v) is 2.82. The SMILES string of the molecule is COCCN(N)c1cc(C(F)(F)F)n[nH]1. The van der Waals surface area contributed by atoms with E-state index in [0.29, 0.717) is 6.61 Å². The van der Waals surface area contributed by atoms with Gasteiger partial charge in [-0.1, -0.05) is 0 Å². The zero-order valence-electron chi connectivity index (χ0n) is 8.01. The zero-order chi connectivity index (χ0) is 11.5. The van der Waals surface area contributed by atoms with Gasteiger partial charge in [-0.2, -0.15) is 18.3 Å². The standard InChI is InChI=1S/C7H11F3N4O/c1-15-3-2-14(11)6-4-5(12-13-6)7(8,9)10/h4H,2-3,11H2,1H3,(H,12,13). The Balaban J connectivity index is 2.67. The smallest absolute Gasteiger partial charge is 0.383 e. The Morgan fingerprint density at radius 3 is 2.73 bits per heavy atom. The van der Waals surface area contributed by atoms with E-state index in [4.69, 9.17) is 10.6 Å². The summed E-state index contributed by atoms with van der Waals surface area (Å²) in [6.45, 7) is 0.590. The van der Waals surface area contributed by atoms with Gasteiger partial charge in [0.2, 0.25) is 0 Å². The Morgan fingerprint density at radius 2 is 2.27 bits per heavy atom. The van der Waals surface area contributed by atoms with E-state index in [-0.39, 0.29) is 12.4 Å². The van der Waals surface area contributed by atoms with Crippen molar-refractivity contribution in [2.24, 2.45) is 5.84 Å². The molecule has 0 saturated heterocycles. The number of anilines is 1. The molecule has 3 N–H and O–H groups in total. The molecule has 1 heterocycles. The maximum absolute atomic E-state index is 12.2. The van der Waals surface area contributed by atoms with E-state index in [0.717, 1.165) is 11.1 Å². The van der Waals surface area contributed by atoms with Crippen molar-refractivity contribution in [2.45, 2.75) is 6.18 Å². The van der Waals surface area contributed by atoms with Crippen LogP contribution in [0, 0.1) is 0 Å². The van der Waals surface area contributed by atoms with Crippen LogP contribution in [-0.4, -0.2) is 30.5 Å². The molecule has 0 unspecified atom stereocenters. The third-order valence-corrected chi connectivity index (χ3v) is 1.70. The Kier molecular flexibility index (Phi) is 3.53. The molecule has 0 aromatic carbocycles. The van der Waals surface area contributed by atoms with E-state index in [1.807, 2.05) is 0 Å². The van der Waals surface area contributed by atoms with Crippen LogP contribution in [0.3, 0.4) is 0 Å². The molecule has 5 nitrogen and oxygen atoms in total. The monoisotopic (exact) mass is 224 g/mol. The Bertz CT molecular complexity index is 311. The van der Waals surface area contributed by atoms with E-state index >= 15 is 0 Å². The van der Waals surface area contributed by atoms with Gasteiger partial charge in [-0.25, -0.2) is 5.84 Å². The quantitative estimate of drug-likeness (QED) is 0.585. The Labute approximate surface area is 84.0 Å². The summed E-state index contributed by atoms with van der Waals surface area (Å²) in [4.78, 5) is 0. The van der Waals surface area contributed by atoms with Crippen LogP contribution in [0.25, 0.3) is 0 Å². The summed E-state index contributed by atoms with van der Waals surface area (Å²) < 4.78 is 41.2. The van der Waals surface area contributed by atoms with Crippen molar-refractivity contribution in [3.63, 3.8) is 0 Å². The molecule has 0 bridgehead atoms. The molecule has 0 aliphatic heterocycles. The minimum atomic E-state index is -4.46. The molecular weight excluding hydrogens is 213 g/mol. The summed E-state index contributed by atoms with van der Waals surface area (Å²) in [5, 5.41) is 6.40. The van der Waals surface area contributed by atoms with Crippen molar-refractivity contribution in [1.29, 1.82) is 0 Å². The molecule has 0 aliphatic rings. The van der Waals surface area contributed by atoms with Crippen molar-refractivity contribution in [3.8, 4) is 0 Å². The number of ether oxygens (including phenoxy) is 1. The number of hydrazine groups is 1. The van der Waals surface area contributed by atoms with Gasteiger partial charge < -0.3 is 4.74 Å². The van der Waals surface area contributed by atoms with Crippen molar-refractivity contribution < 1.29 is 17.9 Å². The topological polar surface area (TPSA) is 67.2 Å². The lowest BCUT2D eigenvalue weighted by molar-refractivity contribution is -0.141. The molecule has 1 rings (SSSR count). The third-order valence-electron chi connectivity index (χ3n) is 1.70. The molecule has 8 heteroatoms. The van der Waals surface area contributed by atoms with Crippen molar-refractivity contribution in [2.75, 3.05) is 25.3 Å². The molecule has 86 valence electrons. The fraction of sp³-hybridized carbons (Fsp3) is 0.571. The van der Waals surface area contributed by atoms with E-state index in [9.17, 15) is 13.2 Å². The lowest BCUT2D eigenvalue weighted by Gasteiger charge is -2.14. The molecule has 1 aromatic heterocycles. The molecule has 15 heavy (non-hydrogen) atoms. The minimum absolute atomic E-state index is 0.0966. The summed E-state index contributed by atoms with van der Waals surface area (Å²) in [6, 6.07) is 0.843. The number of H-pyrrole nitrogens is 1. The number of rotatable bonds is 4. The minimum Gasteiger partial charge on any atom is -0.383 e. The highest BCUT2D eigenvalue weighted by Crippen LogP contribution is 2.29. The number of aromatic amines is 1. The van der Waals surface area contributed by atoms with Crippen LogP contribution in [0.2, 0.25) is 0 Å². The number of nitrogens with one attached hydrogen (secondary N) is 1. The first-order valence-corrected chi connectivity index (χ1v) is 4.09. The second-order valence-electron chi connectivity index (χ2n) is 2.82. The molecule has 0 spiro atoms. The van der Waals surface area contributed by atoms with E-state index in [1.54, 1.807) is 0 Å². The number of alkyl halides is 3. The number of hydrogen-bond acceptors (Lipinski definition) is 4. The van der Waals surface area contributed by atoms with Crippen LogP contribution in [0.4, 0.5) is 19.0 Å². The number of nitrogens with two attached hydrogens (primary N) is 1.